The standard InChI is InChI=1S/C57H96O27/c1-22-34-30(84-57(22,73)14-13-54(3,4)21-76-51-44(70)40(66)37(63)31(17-58)79-51)16-28-26-8-7-24-15-25(9-11-55(24,5)27(26)10-12-56(28,34)6)78-53-48(83-52-45(71)41(67)38(64)32(18-59)80-52)46(72)47(82-50-42(68)36(62)29(60)19-74-50)33(81-53)20-75-49-43(69)39(65)35(61)23(2)77-49/h22-53,58-73H,7-21H2,1-6H3. The molecule has 35 atom stereocenters. The highest BCUT2D eigenvalue weighted by molar-refractivity contribution is 5.15. The summed E-state index contributed by atoms with van der Waals surface area (Å²) in [6.07, 6.45) is -31.3. The molecule has 10 aliphatic rings. The molecule has 0 bridgehead atoms. The third kappa shape index (κ3) is 12.2. The van der Waals surface area contributed by atoms with E-state index in [-0.39, 0.29) is 41.3 Å². The molecule has 10 fully saturated rings. The van der Waals surface area contributed by atoms with Crippen LogP contribution in [0.25, 0.3) is 0 Å². The minimum atomic E-state index is -1.92. The molecule has 10 rings (SSSR count). The molecule has 0 aromatic rings. The third-order valence-electron chi connectivity index (χ3n) is 22.0. The quantitative estimate of drug-likeness (QED) is 0.0616. The highest BCUT2D eigenvalue weighted by Gasteiger charge is 2.69. The van der Waals surface area contributed by atoms with E-state index in [0.717, 1.165) is 38.5 Å². The molecule has 0 spiro atoms. The van der Waals surface area contributed by atoms with Gasteiger partial charge in [0.1, 0.15) is 110 Å². The zero-order valence-corrected chi connectivity index (χ0v) is 48.7. The van der Waals surface area contributed by atoms with Gasteiger partial charge in [-0.15, -0.1) is 0 Å². The van der Waals surface area contributed by atoms with Crippen molar-refractivity contribution in [2.75, 3.05) is 33.0 Å². The van der Waals surface area contributed by atoms with E-state index in [1.165, 1.54) is 6.92 Å². The Hall–Kier alpha value is -1.08. The first-order valence-electron chi connectivity index (χ1n) is 30.5. The summed E-state index contributed by atoms with van der Waals surface area (Å²) in [4.78, 5) is 0. The van der Waals surface area contributed by atoms with Gasteiger partial charge in [0.2, 0.25) is 0 Å². The number of rotatable bonds is 17. The Bertz CT molecular complexity index is 2170. The van der Waals surface area contributed by atoms with Gasteiger partial charge in [-0.05, 0) is 111 Å². The van der Waals surface area contributed by atoms with E-state index >= 15 is 0 Å². The lowest BCUT2D eigenvalue weighted by molar-refractivity contribution is -0.392. The van der Waals surface area contributed by atoms with Crippen molar-refractivity contribution in [3.8, 4) is 0 Å². The molecule has 0 amide bonds. The number of aliphatic hydroxyl groups is 16. The van der Waals surface area contributed by atoms with Crippen molar-refractivity contribution in [3.05, 3.63) is 0 Å². The fourth-order valence-electron chi connectivity index (χ4n) is 16.8. The summed E-state index contributed by atoms with van der Waals surface area (Å²) in [7, 11) is 0. The molecular weight excluding hydrogens is 1120 g/mol. The largest absolute Gasteiger partial charge is 0.394 e. The average molecular weight is 1210 g/mol. The van der Waals surface area contributed by atoms with E-state index in [9.17, 15) is 81.7 Å². The predicted octanol–water partition coefficient (Wildman–Crippen LogP) is -4.07. The molecule has 27 heteroatoms. The molecule has 4 saturated carbocycles. The van der Waals surface area contributed by atoms with E-state index in [1.807, 2.05) is 13.8 Å². The van der Waals surface area contributed by atoms with Crippen molar-refractivity contribution in [1.82, 2.24) is 0 Å². The number of aliphatic hydroxyl groups excluding tert-OH is 15. The van der Waals surface area contributed by atoms with Gasteiger partial charge in [-0.3, -0.25) is 0 Å². The second-order valence-electron chi connectivity index (χ2n) is 27.7. The predicted molar refractivity (Wildman–Crippen MR) is 281 cm³/mol. The summed E-state index contributed by atoms with van der Waals surface area (Å²) in [6, 6.07) is 0. The van der Waals surface area contributed by atoms with E-state index in [4.69, 9.17) is 52.1 Å². The summed E-state index contributed by atoms with van der Waals surface area (Å²) in [5.41, 5.74) is -0.717. The minimum absolute atomic E-state index is 0.0954. The van der Waals surface area contributed by atoms with Crippen LogP contribution < -0.4 is 0 Å². The molecule has 0 aromatic heterocycles. The molecule has 35 unspecified atom stereocenters. The van der Waals surface area contributed by atoms with Crippen LogP contribution in [-0.4, -0.2) is 280 Å². The van der Waals surface area contributed by atoms with E-state index in [1.54, 1.807) is 0 Å². The highest BCUT2D eigenvalue weighted by Crippen LogP contribution is 2.71. The van der Waals surface area contributed by atoms with Gasteiger partial charge in [0, 0.05) is 12.3 Å². The summed E-state index contributed by atoms with van der Waals surface area (Å²) in [5, 5.41) is 172. The van der Waals surface area contributed by atoms with Crippen LogP contribution in [0.4, 0.5) is 0 Å². The maximum atomic E-state index is 12.5. The summed E-state index contributed by atoms with van der Waals surface area (Å²) < 4.78 is 67.1. The zero-order valence-electron chi connectivity index (χ0n) is 48.7. The van der Waals surface area contributed by atoms with Gasteiger partial charge in [-0.2, -0.15) is 0 Å². The third-order valence-corrected chi connectivity index (χ3v) is 22.0. The summed E-state index contributed by atoms with van der Waals surface area (Å²) >= 11 is 0. The number of fused-ring (bicyclic) bond motifs is 7. The van der Waals surface area contributed by atoms with Gasteiger partial charge < -0.3 is 134 Å². The van der Waals surface area contributed by atoms with Crippen LogP contribution in [-0.2, 0) is 52.1 Å². The topological polar surface area (TPSA) is 425 Å². The van der Waals surface area contributed by atoms with Crippen molar-refractivity contribution in [2.45, 2.75) is 271 Å². The van der Waals surface area contributed by atoms with Crippen molar-refractivity contribution >= 4 is 0 Å². The lowest BCUT2D eigenvalue weighted by Crippen LogP contribution is -2.67. The van der Waals surface area contributed by atoms with Crippen LogP contribution in [0.2, 0.25) is 0 Å². The Morgan fingerprint density at radius 2 is 1.12 bits per heavy atom. The van der Waals surface area contributed by atoms with Crippen LogP contribution in [0.1, 0.15) is 106 Å². The van der Waals surface area contributed by atoms with Crippen molar-refractivity contribution in [3.63, 3.8) is 0 Å². The maximum Gasteiger partial charge on any atom is 0.187 e. The monoisotopic (exact) mass is 1210 g/mol. The SMILES string of the molecule is CC1OC(OCC2OC(OC3CCC4(C)C(CCC5C4CCC4(C)C5CC5OC(O)(CCC(C)(C)COC6OC(CO)C(O)C(O)C6O)C(C)C54)C3)C(OC3OC(CO)C(O)C(O)C3O)C(O)C2OC2OCC(O)C(O)C2O)C(O)C(O)C1O. The number of hydrogen-bond donors (Lipinski definition) is 16. The Morgan fingerprint density at radius 3 is 1.79 bits per heavy atom. The summed E-state index contributed by atoms with van der Waals surface area (Å²) in [6.45, 7) is 9.95. The molecular formula is C57H96O27. The van der Waals surface area contributed by atoms with E-state index < -0.39 is 191 Å². The molecule has 486 valence electrons. The van der Waals surface area contributed by atoms with Gasteiger partial charge in [-0.1, -0.05) is 34.6 Å². The molecule has 6 heterocycles. The van der Waals surface area contributed by atoms with Crippen LogP contribution >= 0.6 is 0 Å². The Labute approximate surface area is 488 Å². The van der Waals surface area contributed by atoms with Crippen molar-refractivity contribution in [2.24, 2.45) is 51.8 Å². The van der Waals surface area contributed by atoms with Crippen LogP contribution in [0.15, 0.2) is 0 Å². The number of hydrogen-bond acceptors (Lipinski definition) is 27. The Balaban J connectivity index is 0.821. The normalized spacial score (nSPS) is 55.2. The zero-order chi connectivity index (χ0) is 60.9. The lowest BCUT2D eigenvalue weighted by atomic mass is 9.44. The first kappa shape index (κ1) is 65.9. The first-order chi connectivity index (χ1) is 39.6. The molecule has 16 N–H and O–H groups in total. The molecule has 84 heavy (non-hydrogen) atoms. The molecule has 0 radical (unpaired) electrons. The highest BCUT2D eigenvalue weighted by atomic mass is 16.8. The first-order valence-corrected chi connectivity index (χ1v) is 30.5. The fraction of sp³-hybridized carbons (Fsp3) is 1.00. The van der Waals surface area contributed by atoms with Gasteiger partial charge >= 0.3 is 0 Å². The number of ether oxygens (including phenoxy) is 11. The Morgan fingerprint density at radius 1 is 0.536 bits per heavy atom. The molecule has 27 nitrogen and oxygen atoms in total. The lowest BCUT2D eigenvalue weighted by Gasteiger charge is -2.61. The second kappa shape index (κ2) is 25.5. The van der Waals surface area contributed by atoms with Crippen LogP contribution in [0.3, 0.4) is 0 Å². The molecule has 6 aliphatic heterocycles. The Kier molecular flexibility index (Phi) is 20.0. The van der Waals surface area contributed by atoms with Gasteiger partial charge in [0.15, 0.2) is 37.2 Å². The van der Waals surface area contributed by atoms with Crippen molar-refractivity contribution < 1.29 is 134 Å². The fourth-order valence-corrected chi connectivity index (χ4v) is 16.8. The van der Waals surface area contributed by atoms with E-state index in [2.05, 4.69) is 20.8 Å². The summed E-state index contributed by atoms with van der Waals surface area (Å²) in [5.74, 6) is -0.141. The minimum Gasteiger partial charge on any atom is -0.394 e. The van der Waals surface area contributed by atoms with Crippen LogP contribution in [0.5, 0.6) is 0 Å². The molecule has 0 aromatic carbocycles. The average Bonchev–Trinajstić information content (AvgIpc) is 1.71. The maximum absolute atomic E-state index is 12.5. The van der Waals surface area contributed by atoms with Gasteiger partial charge in [-0.25, -0.2) is 0 Å². The molecule has 6 saturated heterocycles. The van der Waals surface area contributed by atoms with E-state index in [0.29, 0.717) is 43.4 Å². The van der Waals surface area contributed by atoms with Crippen molar-refractivity contribution in [1.29, 1.82) is 0 Å². The van der Waals surface area contributed by atoms with Gasteiger partial charge in [0.05, 0.1) is 51.3 Å². The second-order valence-corrected chi connectivity index (χ2v) is 27.7. The van der Waals surface area contributed by atoms with Gasteiger partial charge in [0.25, 0.3) is 0 Å². The molecule has 4 aliphatic carbocycles. The smallest absolute Gasteiger partial charge is 0.187 e. The van der Waals surface area contributed by atoms with Crippen LogP contribution in [0, 0.1) is 51.8 Å².